The maximum Gasteiger partial charge on any atom is 0.258 e. The summed E-state index contributed by atoms with van der Waals surface area (Å²) in [5, 5.41) is 6.46. The number of benzene rings is 2. The van der Waals surface area contributed by atoms with Gasteiger partial charge in [-0.1, -0.05) is 48.0 Å². The Morgan fingerprint density at radius 1 is 1.07 bits per heavy atom. The first-order chi connectivity index (χ1) is 13.7. The Balaban J connectivity index is 1.50. The fourth-order valence-electron chi connectivity index (χ4n) is 2.99. The van der Waals surface area contributed by atoms with Crippen molar-refractivity contribution in [2.24, 2.45) is 0 Å². The smallest absolute Gasteiger partial charge is 0.258 e. The van der Waals surface area contributed by atoms with Crippen LogP contribution in [0, 0.1) is 0 Å². The molecule has 4 aromatic rings. The Bertz CT molecular complexity index is 1080. The number of ether oxygens (including phenoxy) is 1. The van der Waals surface area contributed by atoms with Crippen LogP contribution < -0.4 is 10.1 Å². The summed E-state index contributed by atoms with van der Waals surface area (Å²) in [6, 6.07) is 20.8. The van der Waals surface area contributed by atoms with Gasteiger partial charge in [-0.2, -0.15) is 0 Å². The number of amides is 1. The zero-order valence-corrected chi connectivity index (χ0v) is 16.4. The van der Waals surface area contributed by atoms with Gasteiger partial charge in [0.25, 0.3) is 5.91 Å². The van der Waals surface area contributed by atoms with Gasteiger partial charge >= 0.3 is 0 Å². The molecule has 0 aliphatic carbocycles. The summed E-state index contributed by atoms with van der Waals surface area (Å²) < 4.78 is 5.76. The molecular formula is C22H17ClN2O2S. The van der Waals surface area contributed by atoms with E-state index < -0.39 is 0 Å². The van der Waals surface area contributed by atoms with Crippen LogP contribution in [0.15, 0.2) is 78.3 Å². The van der Waals surface area contributed by atoms with Gasteiger partial charge < -0.3 is 10.1 Å². The van der Waals surface area contributed by atoms with Gasteiger partial charge in [-0.3, -0.25) is 9.78 Å². The molecule has 0 saturated heterocycles. The van der Waals surface area contributed by atoms with E-state index in [0.29, 0.717) is 16.3 Å². The Kier molecular flexibility index (Phi) is 5.55. The standard InChI is InChI=1S/C22H17ClN2O2S/c23-17-10-11-18(22-16(17)8-4-12-24-22)27-14-20(26)25-21(19-9-5-13-28-19)15-6-2-1-3-7-15/h1-13,21H,14H2,(H,25,26)/t21-/m1/s1. The van der Waals surface area contributed by atoms with E-state index in [-0.39, 0.29) is 18.6 Å². The number of carbonyl (C=O) groups is 1. The first kappa shape index (κ1) is 18.5. The van der Waals surface area contributed by atoms with E-state index in [1.807, 2.05) is 60.0 Å². The second-order valence-corrected chi connectivity index (χ2v) is 7.55. The molecule has 2 aromatic heterocycles. The van der Waals surface area contributed by atoms with E-state index >= 15 is 0 Å². The monoisotopic (exact) mass is 408 g/mol. The number of aromatic nitrogens is 1. The lowest BCUT2D eigenvalue weighted by atomic mass is 10.1. The van der Waals surface area contributed by atoms with Gasteiger partial charge in [0.1, 0.15) is 11.3 Å². The number of nitrogens with one attached hydrogen (secondary N) is 1. The molecule has 0 spiro atoms. The van der Waals surface area contributed by atoms with Gasteiger partial charge in [0.2, 0.25) is 0 Å². The summed E-state index contributed by atoms with van der Waals surface area (Å²) in [4.78, 5) is 18.0. The van der Waals surface area contributed by atoms with Crippen LogP contribution in [-0.2, 0) is 4.79 Å². The Hall–Kier alpha value is -2.89. The average molecular weight is 409 g/mol. The zero-order valence-electron chi connectivity index (χ0n) is 14.8. The van der Waals surface area contributed by atoms with Crippen molar-refractivity contribution in [3.8, 4) is 5.75 Å². The van der Waals surface area contributed by atoms with Crippen LogP contribution in [0.5, 0.6) is 5.75 Å². The fraction of sp³-hybridized carbons (Fsp3) is 0.0909. The van der Waals surface area contributed by atoms with Crippen LogP contribution in [0.4, 0.5) is 0 Å². The third-order valence-corrected chi connectivity index (χ3v) is 5.57. The summed E-state index contributed by atoms with van der Waals surface area (Å²) in [6.07, 6.45) is 1.67. The molecule has 2 heterocycles. The van der Waals surface area contributed by atoms with Gasteiger partial charge in [-0.05, 0) is 41.3 Å². The molecular weight excluding hydrogens is 392 g/mol. The molecule has 0 saturated carbocycles. The van der Waals surface area contributed by atoms with Crippen LogP contribution in [0.1, 0.15) is 16.5 Å². The Morgan fingerprint density at radius 3 is 2.71 bits per heavy atom. The molecule has 6 heteroatoms. The molecule has 0 bridgehead atoms. The van der Waals surface area contributed by atoms with Gasteiger partial charge in [-0.15, -0.1) is 11.3 Å². The summed E-state index contributed by atoms with van der Waals surface area (Å²) >= 11 is 7.82. The highest BCUT2D eigenvalue weighted by Crippen LogP contribution is 2.30. The van der Waals surface area contributed by atoms with Gasteiger partial charge in [0.05, 0.1) is 11.1 Å². The number of carbonyl (C=O) groups excluding carboxylic acids is 1. The Morgan fingerprint density at radius 2 is 1.93 bits per heavy atom. The van der Waals surface area contributed by atoms with Crippen LogP contribution in [0.3, 0.4) is 0 Å². The third kappa shape index (κ3) is 4.01. The van der Waals surface area contributed by atoms with Crippen molar-refractivity contribution >= 4 is 39.7 Å². The summed E-state index contributed by atoms with van der Waals surface area (Å²) in [6.45, 7) is -0.109. The molecule has 0 aliphatic heterocycles. The maximum absolute atomic E-state index is 12.6. The fourth-order valence-corrected chi connectivity index (χ4v) is 4.01. The van der Waals surface area contributed by atoms with E-state index in [4.69, 9.17) is 16.3 Å². The minimum absolute atomic E-state index is 0.109. The molecule has 1 amide bonds. The molecule has 0 unspecified atom stereocenters. The molecule has 0 radical (unpaired) electrons. The number of hydrogen-bond acceptors (Lipinski definition) is 4. The minimum Gasteiger partial charge on any atom is -0.481 e. The number of rotatable bonds is 6. The Labute approximate surface area is 171 Å². The van der Waals surface area contributed by atoms with E-state index in [2.05, 4.69) is 10.3 Å². The summed E-state index contributed by atoms with van der Waals surface area (Å²) in [7, 11) is 0. The number of pyridine rings is 1. The lowest BCUT2D eigenvalue weighted by Gasteiger charge is -2.18. The van der Waals surface area contributed by atoms with Crippen LogP contribution >= 0.6 is 22.9 Å². The number of thiophene rings is 1. The number of nitrogens with zero attached hydrogens (tertiary/aromatic N) is 1. The van der Waals surface area contributed by atoms with Gasteiger partial charge in [-0.25, -0.2) is 0 Å². The number of halogens is 1. The predicted octanol–water partition coefficient (Wildman–Crippen LogP) is 5.23. The van der Waals surface area contributed by atoms with E-state index in [1.165, 1.54) is 0 Å². The van der Waals surface area contributed by atoms with Crippen molar-refractivity contribution in [2.75, 3.05) is 6.61 Å². The molecule has 0 fully saturated rings. The average Bonchev–Trinajstić information content (AvgIpc) is 3.27. The highest BCUT2D eigenvalue weighted by atomic mass is 35.5. The van der Waals surface area contributed by atoms with Crippen LogP contribution in [-0.4, -0.2) is 17.5 Å². The molecule has 4 nitrogen and oxygen atoms in total. The van der Waals surface area contributed by atoms with Crippen molar-refractivity contribution in [1.82, 2.24) is 10.3 Å². The van der Waals surface area contributed by atoms with Crippen molar-refractivity contribution in [3.63, 3.8) is 0 Å². The lowest BCUT2D eigenvalue weighted by Crippen LogP contribution is -2.32. The molecule has 1 N–H and O–H groups in total. The first-order valence-electron chi connectivity index (χ1n) is 8.76. The largest absolute Gasteiger partial charge is 0.481 e. The molecule has 1 atom stereocenters. The van der Waals surface area contributed by atoms with Crippen molar-refractivity contribution in [3.05, 3.63) is 93.8 Å². The van der Waals surface area contributed by atoms with Crippen LogP contribution in [0.25, 0.3) is 10.9 Å². The predicted molar refractivity (Wildman–Crippen MR) is 113 cm³/mol. The molecule has 28 heavy (non-hydrogen) atoms. The van der Waals surface area contributed by atoms with Crippen LogP contribution in [0.2, 0.25) is 5.02 Å². The quantitative estimate of drug-likeness (QED) is 0.475. The van der Waals surface area contributed by atoms with E-state index in [1.54, 1.807) is 29.7 Å². The molecule has 2 aromatic carbocycles. The van der Waals surface area contributed by atoms with Crippen molar-refractivity contribution in [2.45, 2.75) is 6.04 Å². The second kappa shape index (κ2) is 8.42. The summed E-state index contributed by atoms with van der Waals surface area (Å²) in [5.74, 6) is 0.323. The number of fused-ring (bicyclic) bond motifs is 1. The molecule has 0 aliphatic rings. The highest BCUT2D eigenvalue weighted by Gasteiger charge is 2.18. The minimum atomic E-state index is -0.211. The number of hydrogen-bond donors (Lipinski definition) is 1. The molecule has 140 valence electrons. The normalized spacial score (nSPS) is 11.9. The highest BCUT2D eigenvalue weighted by molar-refractivity contribution is 7.10. The first-order valence-corrected chi connectivity index (χ1v) is 10.0. The maximum atomic E-state index is 12.6. The van der Waals surface area contributed by atoms with Crippen molar-refractivity contribution in [1.29, 1.82) is 0 Å². The topological polar surface area (TPSA) is 51.2 Å². The zero-order chi connectivity index (χ0) is 19.3. The van der Waals surface area contributed by atoms with Crippen molar-refractivity contribution < 1.29 is 9.53 Å². The lowest BCUT2D eigenvalue weighted by molar-refractivity contribution is -0.123. The van der Waals surface area contributed by atoms with Gasteiger partial charge in [0.15, 0.2) is 6.61 Å². The van der Waals surface area contributed by atoms with E-state index in [0.717, 1.165) is 15.8 Å². The second-order valence-electron chi connectivity index (χ2n) is 6.16. The summed E-state index contributed by atoms with van der Waals surface area (Å²) in [5.41, 5.74) is 1.66. The van der Waals surface area contributed by atoms with E-state index in [9.17, 15) is 4.79 Å². The van der Waals surface area contributed by atoms with Gasteiger partial charge in [0, 0.05) is 16.5 Å². The SMILES string of the molecule is O=C(COc1ccc(Cl)c2cccnc12)N[C@H](c1ccccc1)c1cccs1. The third-order valence-electron chi connectivity index (χ3n) is 4.30. The molecule has 4 rings (SSSR count).